The molecule has 4 nitrogen and oxygen atoms in total. The number of carbonyl (C=O) groups excluding carboxylic acids is 2. The monoisotopic (exact) mass is 233 g/mol. The van der Waals surface area contributed by atoms with Crippen LogP contribution in [0, 0.1) is 0 Å². The molecule has 0 N–H and O–H groups in total. The van der Waals surface area contributed by atoms with E-state index in [1.54, 1.807) is 4.90 Å². The van der Waals surface area contributed by atoms with Crippen LogP contribution >= 0.6 is 0 Å². The summed E-state index contributed by atoms with van der Waals surface area (Å²) in [6, 6.07) is 7.84. The van der Waals surface area contributed by atoms with Crippen molar-refractivity contribution in [3.8, 4) is 0 Å². The number of hydrogen-bond donors (Lipinski definition) is 0. The fourth-order valence-electron chi connectivity index (χ4n) is 2.02. The quantitative estimate of drug-likeness (QED) is 0.744. The molecule has 0 unspecified atom stereocenters. The molecule has 1 heterocycles. The highest BCUT2D eigenvalue weighted by atomic mass is 16.5. The lowest BCUT2D eigenvalue weighted by atomic mass is 10.0. The summed E-state index contributed by atoms with van der Waals surface area (Å²) >= 11 is 0. The van der Waals surface area contributed by atoms with E-state index in [0.29, 0.717) is 13.0 Å². The number of nitrogens with zero attached hydrogens (tertiary/aromatic N) is 1. The molecule has 0 fully saturated rings. The first-order chi connectivity index (χ1) is 8.18. The number of para-hydroxylation sites is 1. The third kappa shape index (κ3) is 2.64. The lowest BCUT2D eigenvalue weighted by Crippen LogP contribution is -2.37. The molecule has 0 atom stereocenters. The number of aryl methyl sites for hydroxylation is 1. The molecule has 90 valence electrons. The lowest BCUT2D eigenvalue weighted by Gasteiger charge is -2.29. The minimum absolute atomic E-state index is 0.0934. The molecule has 2 rings (SSSR count). The zero-order chi connectivity index (χ0) is 12.3. The van der Waals surface area contributed by atoms with Crippen molar-refractivity contribution in [3.63, 3.8) is 0 Å². The normalized spacial score (nSPS) is 14.4. The summed E-state index contributed by atoms with van der Waals surface area (Å²) in [6.07, 6.45) is 1.32. The van der Waals surface area contributed by atoms with E-state index in [9.17, 15) is 9.59 Å². The van der Waals surface area contributed by atoms with Gasteiger partial charge in [-0.05, 0) is 18.1 Å². The summed E-state index contributed by atoms with van der Waals surface area (Å²) in [7, 11) is 0. The van der Waals surface area contributed by atoms with E-state index in [0.717, 1.165) is 12.1 Å². The van der Waals surface area contributed by atoms with E-state index in [1.165, 1.54) is 12.5 Å². The molecule has 0 bridgehead atoms. The van der Waals surface area contributed by atoms with Crippen LogP contribution in [0.25, 0.3) is 0 Å². The molecule has 0 saturated carbocycles. The number of rotatable bonds is 3. The van der Waals surface area contributed by atoms with Gasteiger partial charge in [-0.25, -0.2) is 0 Å². The predicted molar refractivity (Wildman–Crippen MR) is 63.7 cm³/mol. The number of carbonyl (C=O) groups is 2. The average molecular weight is 233 g/mol. The number of anilines is 1. The third-order valence-corrected chi connectivity index (χ3v) is 2.81. The maximum atomic E-state index is 11.8. The molecule has 0 radical (unpaired) electrons. The van der Waals surface area contributed by atoms with Crippen LogP contribution in [0.15, 0.2) is 24.3 Å². The summed E-state index contributed by atoms with van der Waals surface area (Å²) < 4.78 is 4.88. The molecule has 17 heavy (non-hydrogen) atoms. The minimum Gasteiger partial charge on any atom is -0.464 e. The van der Waals surface area contributed by atoms with Gasteiger partial charge in [-0.2, -0.15) is 0 Å². The van der Waals surface area contributed by atoms with Crippen LogP contribution in [-0.4, -0.2) is 25.0 Å². The summed E-state index contributed by atoms with van der Waals surface area (Å²) in [5.41, 5.74) is 2.12. The molecule has 1 aromatic carbocycles. The van der Waals surface area contributed by atoms with Gasteiger partial charge in [0, 0.05) is 19.0 Å². The van der Waals surface area contributed by atoms with Crippen LogP contribution in [0.5, 0.6) is 0 Å². The third-order valence-electron chi connectivity index (χ3n) is 2.81. The van der Waals surface area contributed by atoms with Crippen LogP contribution < -0.4 is 4.90 Å². The van der Waals surface area contributed by atoms with E-state index in [1.807, 2.05) is 24.3 Å². The van der Waals surface area contributed by atoms with Crippen LogP contribution in [0.3, 0.4) is 0 Å². The molecule has 4 heteroatoms. The number of benzene rings is 1. The van der Waals surface area contributed by atoms with Gasteiger partial charge < -0.3 is 9.64 Å². The van der Waals surface area contributed by atoms with Gasteiger partial charge in [0.1, 0.15) is 6.61 Å². The Morgan fingerprint density at radius 1 is 1.35 bits per heavy atom. The molecule has 1 aliphatic rings. The maximum Gasteiger partial charge on any atom is 0.302 e. The second-order valence-corrected chi connectivity index (χ2v) is 4.01. The molecule has 0 aliphatic carbocycles. The Hall–Kier alpha value is -1.84. The van der Waals surface area contributed by atoms with Crippen molar-refractivity contribution >= 4 is 17.6 Å². The lowest BCUT2D eigenvalue weighted by molar-refractivity contribution is -0.141. The first-order valence-corrected chi connectivity index (χ1v) is 5.70. The van der Waals surface area contributed by atoms with Crippen molar-refractivity contribution < 1.29 is 14.3 Å². The molecule has 1 aromatic rings. The highest BCUT2D eigenvalue weighted by Gasteiger charge is 2.23. The molecular formula is C13H15NO3. The highest BCUT2D eigenvalue weighted by molar-refractivity contribution is 5.96. The van der Waals surface area contributed by atoms with Gasteiger partial charge in [-0.15, -0.1) is 0 Å². The van der Waals surface area contributed by atoms with Crippen LogP contribution in [0.1, 0.15) is 18.9 Å². The van der Waals surface area contributed by atoms with Crippen LogP contribution in [0.4, 0.5) is 5.69 Å². The Morgan fingerprint density at radius 3 is 2.88 bits per heavy atom. The Bertz CT molecular complexity index is 442. The first-order valence-electron chi connectivity index (χ1n) is 5.70. The second kappa shape index (κ2) is 4.99. The van der Waals surface area contributed by atoms with Crippen molar-refractivity contribution in [2.24, 2.45) is 0 Å². The highest BCUT2D eigenvalue weighted by Crippen LogP contribution is 2.26. The summed E-state index contributed by atoms with van der Waals surface area (Å²) in [5, 5.41) is 0. The zero-order valence-electron chi connectivity index (χ0n) is 9.81. The summed E-state index contributed by atoms with van der Waals surface area (Å²) in [6.45, 7) is 2.04. The molecule has 0 saturated heterocycles. The molecular weight excluding hydrogens is 218 g/mol. The molecule has 0 spiro atoms. The smallest absolute Gasteiger partial charge is 0.302 e. The van der Waals surface area contributed by atoms with Crippen molar-refractivity contribution in [2.75, 3.05) is 18.1 Å². The zero-order valence-corrected chi connectivity index (χ0v) is 9.81. The largest absolute Gasteiger partial charge is 0.464 e. The second-order valence-electron chi connectivity index (χ2n) is 4.01. The minimum atomic E-state index is -0.317. The molecule has 1 aliphatic heterocycles. The van der Waals surface area contributed by atoms with Gasteiger partial charge in [0.2, 0.25) is 5.91 Å². The fourth-order valence-corrected chi connectivity index (χ4v) is 2.02. The van der Waals surface area contributed by atoms with Gasteiger partial charge in [0.05, 0.1) is 6.54 Å². The van der Waals surface area contributed by atoms with Gasteiger partial charge >= 0.3 is 5.97 Å². The predicted octanol–water partition coefficient (Wildman–Crippen LogP) is 1.53. The SMILES string of the molecule is CC(=O)OCCN1C(=O)CCc2ccccc21. The number of esters is 1. The van der Waals surface area contributed by atoms with E-state index in [-0.39, 0.29) is 18.5 Å². The number of amides is 1. The van der Waals surface area contributed by atoms with Crippen molar-refractivity contribution in [1.29, 1.82) is 0 Å². The van der Waals surface area contributed by atoms with Gasteiger partial charge in [-0.1, -0.05) is 18.2 Å². The van der Waals surface area contributed by atoms with Crippen molar-refractivity contribution in [1.82, 2.24) is 0 Å². The Kier molecular flexibility index (Phi) is 3.42. The summed E-state index contributed by atoms with van der Waals surface area (Å²) in [5.74, 6) is -0.224. The standard InChI is InChI=1S/C13H15NO3/c1-10(15)17-9-8-14-12-5-3-2-4-11(12)6-7-13(14)16/h2-5H,6-9H2,1H3. The van der Waals surface area contributed by atoms with E-state index >= 15 is 0 Å². The topological polar surface area (TPSA) is 46.6 Å². The van der Waals surface area contributed by atoms with Crippen LogP contribution in [-0.2, 0) is 20.7 Å². The first kappa shape index (κ1) is 11.6. The molecule has 1 amide bonds. The van der Waals surface area contributed by atoms with Crippen molar-refractivity contribution in [3.05, 3.63) is 29.8 Å². The van der Waals surface area contributed by atoms with E-state index in [4.69, 9.17) is 4.74 Å². The fraction of sp³-hybridized carbons (Fsp3) is 0.385. The number of hydrogen-bond acceptors (Lipinski definition) is 3. The Balaban J connectivity index is 2.10. The van der Waals surface area contributed by atoms with Gasteiger partial charge in [-0.3, -0.25) is 9.59 Å². The average Bonchev–Trinajstić information content (AvgIpc) is 2.32. The number of fused-ring (bicyclic) bond motifs is 1. The van der Waals surface area contributed by atoms with E-state index in [2.05, 4.69) is 0 Å². The molecule has 0 aromatic heterocycles. The van der Waals surface area contributed by atoms with Crippen LogP contribution in [0.2, 0.25) is 0 Å². The van der Waals surface area contributed by atoms with Gasteiger partial charge in [0.15, 0.2) is 0 Å². The Labute approximate surface area is 100 Å². The van der Waals surface area contributed by atoms with Crippen molar-refractivity contribution in [2.45, 2.75) is 19.8 Å². The van der Waals surface area contributed by atoms with Gasteiger partial charge in [0.25, 0.3) is 0 Å². The number of ether oxygens (including phenoxy) is 1. The Morgan fingerprint density at radius 2 is 2.12 bits per heavy atom. The maximum absolute atomic E-state index is 11.8. The summed E-state index contributed by atoms with van der Waals surface area (Å²) in [4.78, 5) is 24.2. The van der Waals surface area contributed by atoms with E-state index < -0.39 is 0 Å².